The Labute approximate surface area is 134 Å². The van der Waals surface area contributed by atoms with Crippen molar-refractivity contribution in [2.24, 2.45) is 0 Å². The standard InChI is InChI=1S/C16H22O7/c1-4-5-15(19)23-13-7-6-12(18)14(22-11(3)17)8-9-16(20)21-10(13)2/h4-7,10,12-14,18H,8-9H2,1-3H3/b5-4+,7-6+/t10-,12-,13-,14-/m1/s1. The molecular formula is C16H22O7. The number of aliphatic hydroxyl groups excluding tert-OH is 1. The van der Waals surface area contributed by atoms with Crippen molar-refractivity contribution in [3.63, 3.8) is 0 Å². The smallest absolute Gasteiger partial charge is 0.331 e. The lowest BCUT2D eigenvalue weighted by Crippen LogP contribution is -2.35. The number of hydrogen-bond donors (Lipinski definition) is 1. The number of esters is 3. The van der Waals surface area contributed by atoms with E-state index in [1.165, 1.54) is 31.2 Å². The molecule has 23 heavy (non-hydrogen) atoms. The van der Waals surface area contributed by atoms with E-state index in [9.17, 15) is 19.5 Å². The number of aliphatic hydroxyl groups is 1. The van der Waals surface area contributed by atoms with Crippen LogP contribution in [0.3, 0.4) is 0 Å². The molecule has 1 rings (SSSR count). The average Bonchev–Trinajstić information content (AvgIpc) is 2.46. The topological polar surface area (TPSA) is 99.1 Å². The van der Waals surface area contributed by atoms with Gasteiger partial charge in [0, 0.05) is 19.4 Å². The van der Waals surface area contributed by atoms with E-state index in [0.29, 0.717) is 0 Å². The van der Waals surface area contributed by atoms with E-state index in [0.717, 1.165) is 0 Å². The lowest BCUT2D eigenvalue weighted by molar-refractivity contribution is -0.163. The molecule has 0 spiro atoms. The summed E-state index contributed by atoms with van der Waals surface area (Å²) in [4.78, 5) is 34.4. The highest BCUT2D eigenvalue weighted by Crippen LogP contribution is 2.16. The minimum absolute atomic E-state index is 0.0251. The second kappa shape index (κ2) is 9.09. The van der Waals surface area contributed by atoms with Crippen LogP contribution in [0.25, 0.3) is 0 Å². The van der Waals surface area contributed by atoms with Gasteiger partial charge in [0.2, 0.25) is 0 Å². The number of rotatable bonds is 3. The van der Waals surface area contributed by atoms with E-state index < -0.39 is 42.3 Å². The highest BCUT2D eigenvalue weighted by atomic mass is 16.6. The molecule has 0 bridgehead atoms. The number of allylic oxidation sites excluding steroid dienone is 1. The molecule has 1 heterocycles. The predicted molar refractivity (Wildman–Crippen MR) is 80.2 cm³/mol. The summed E-state index contributed by atoms with van der Waals surface area (Å²) in [5.41, 5.74) is 0. The lowest BCUT2D eigenvalue weighted by Gasteiger charge is -2.25. The first-order chi connectivity index (χ1) is 10.8. The molecule has 0 amide bonds. The van der Waals surface area contributed by atoms with E-state index in [1.807, 2.05) is 0 Å². The van der Waals surface area contributed by atoms with Crippen LogP contribution in [0.1, 0.15) is 33.6 Å². The second-order valence-electron chi connectivity index (χ2n) is 5.16. The summed E-state index contributed by atoms with van der Waals surface area (Å²) < 4.78 is 15.4. The maximum Gasteiger partial charge on any atom is 0.331 e. The monoisotopic (exact) mass is 326 g/mol. The van der Waals surface area contributed by atoms with E-state index in [1.54, 1.807) is 13.8 Å². The molecule has 0 aromatic carbocycles. The van der Waals surface area contributed by atoms with Crippen molar-refractivity contribution in [2.75, 3.05) is 0 Å². The third-order valence-electron chi connectivity index (χ3n) is 3.16. The van der Waals surface area contributed by atoms with E-state index >= 15 is 0 Å². The maximum atomic E-state index is 11.8. The molecule has 0 aliphatic carbocycles. The Hall–Kier alpha value is -2.15. The SMILES string of the molecule is C/C=C/C(=O)O[C@@H]1/C=C/[C@@H](O)[C@H](OC(C)=O)CCC(=O)O[C@@H]1C. The largest absolute Gasteiger partial charge is 0.459 e. The van der Waals surface area contributed by atoms with Crippen LogP contribution in [0.4, 0.5) is 0 Å². The molecule has 0 radical (unpaired) electrons. The highest BCUT2D eigenvalue weighted by Gasteiger charge is 2.27. The van der Waals surface area contributed by atoms with E-state index in [4.69, 9.17) is 14.2 Å². The second-order valence-corrected chi connectivity index (χ2v) is 5.16. The fourth-order valence-electron chi connectivity index (χ4n) is 2.05. The first kappa shape index (κ1) is 18.9. The van der Waals surface area contributed by atoms with Crippen molar-refractivity contribution in [2.45, 2.75) is 58.0 Å². The van der Waals surface area contributed by atoms with Crippen molar-refractivity contribution < 1.29 is 33.7 Å². The molecule has 4 atom stereocenters. The summed E-state index contributed by atoms with van der Waals surface area (Å²) in [6, 6.07) is 0. The van der Waals surface area contributed by atoms with Crippen molar-refractivity contribution in [1.29, 1.82) is 0 Å². The molecule has 0 unspecified atom stereocenters. The zero-order chi connectivity index (χ0) is 17.4. The summed E-state index contributed by atoms with van der Waals surface area (Å²) in [6.07, 6.45) is 2.13. The van der Waals surface area contributed by atoms with Gasteiger partial charge < -0.3 is 19.3 Å². The van der Waals surface area contributed by atoms with E-state index in [-0.39, 0.29) is 12.8 Å². The van der Waals surface area contributed by atoms with Crippen molar-refractivity contribution in [3.05, 3.63) is 24.3 Å². The normalized spacial score (nSPS) is 30.3. The number of cyclic esters (lactones) is 1. The molecule has 0 aromatic heterocycles. The first-order valence-corrected chi connectivity index (χ1v) is 7.40. The summed E-state index contributed by atoms with van der Waals surface area (Å²) in [7, 11) is 0. The van der Waals surface area contributed by atoms with Gasteiger partial charge in [0.15, 0.2) is 6.10 Å². The average molecular weight is 326 g/mol. The van der Waals surface area contributed by atoms with Crippen LogP contribution in [0.15, 0.2) is 24.3 Å². The molecule has 0 fully saturated rings. The molecule has 1 N–H and O–H groups in total. The molecule has 7 nitrogen and oxygen atoms in total. The third-order valence-corrected chi connectivity index (χ3v) is 3.16. The zero-order valence-electron chi connectivity index (χ0n) is 13.4. The highest BCUT2D eigenvalue weighted by molar-refractivity contribution is 5.82. The molecule has 1 aliphatic heterocycles. The van der Waals surface area contributed by atoms with Crippen LogP contribution >= 0.6 is 0 Å². The summed E-state index contributed by atoms with van der Waals surface area (Å²) in [6.45, 7) is 4.48. The van der Waals surface area contributed by atoms with Crippen molar-refractivity contribution in [3.8, 4) is 0 Å². The Bertz CT molecular complexity index is 495. The van der Waals surface area contributed by atoms with Crippen molar-refractivity contribution in [1.82, 2.24) is 0 Å². The van der Waals surface area contributed by atoms with Gasteiger partial charge in [-0.15, -0.1) is 0 Å². The zero-order valence-corrected chi connectivity index (χ0v) is 13.4. The van der Waals surface area contributed by atoms with Gasteiger partial charge in [-0.05, 0) is 26.3 Å². The van der Waals surface area contributed by atoms with Gasteiger partial charge in [0.05, 0.1) is 0 Å². The van der Waals surface area contributed by atoms with Crippen LogP contribution < -0.4 is 0 Å². The molecular weight excluding hydrogens is 304 g/mol. The van der Waals surface area contributed by atoms with E-state index in [2.05, 4.69) is 0 Å². The number of hydrogen-bond acceptors (Lipinski definition) is 7. The van der Waals surface area contributed by atoms with Crippen LogP contribution in [-0.4, -0.2) is 47.4 Å². The van der Waals surface area contributed by atoms with Gasteiger partial charge in [0.1, 0.15) is 18.3 Å². The Kier molecular flexibility index (Phi) is 7.47. The molecule has 128 valence electrons. The molecule has 0 saturated carbocycles. The Morgan fingerprint density at radius 3 is 2.65 bits per heavy atom. The van der Waals surface area contributed by atoms with Gasteiger partial charge in [0.25, 0.3) is 0 Å². The Morgan fingerprint density at radius 2 is 2.04 bits per heavy atom. The number of carbonyl (C=O) groups is 3. The number of ether oxygens (including phenoxy) is 3. The molecule has 0 aromatic rings. The molecule has 0 saturated heterocycles. The third kappa shape index (κ3) is 6.65. The van der Waals surface area contributed by atoms with Crippen LogP contribution in [0.5, 0.6) is 0 Å². The lowest BCUT2D eigenvalue weighted by atomic mass is 10.0. The predicted octanol–water partition coefficient (Wildman–Crippen LogP) is 1.05. The van der Waals surface area contributed by atoms with Crippen LogP contribution in [0.2, 0.25) is 0 Å². The quantitative estimate of drug-likeness (QED) is 0.358. The summed E-state index contributed by atoms with van der Waals surface area (Å²) in [5, 5.41) is 10.1. The number of carbonyl (C=O) groups excluding carboxylic acids is 3. The molecule has 1 aliphatic rings. The summed E-state index contributed by atoms with van der Waals surface area (Å²) >= 11 is 0. The maximum absolute atomic E-state index is 11.8. The van der Waals surface area contributed by atoms with Gasteiger partial charge in [-0.3, -0.25) is 9.59 Å². The Balaban J connectivity index is 2.93. The van der Waals surface area contributed by atoms with Crippen LogP contribution in [-0.2, 0) is 28.6 Å². The Morgan fingerprint density at radius 1 is 1.35 bits per heavy atom. The van der Waals surface area contributed by atoms with Gasteiger partial charge in [-0.25, -0.2) is 4.79 Å². The fourth-order valence-corrected chi connectivity index (χ4v) is 2.05. The summed E-state index contributed by atoms with van der Waals surface area (Å²) in [5.74, 6) is -1.67. The van der Waals surface area contributed by atoms with Crippen LogP contribution in [0, 0.1) is 0 Å². The molecule has 7 heteroatoms. The van der Waals surface area contributed by atoms with Crippen molar-refractivity contribution >= 4 is 17.9 Å². The minimum Gasteiger partial charge on any atom is -0.459 e. The first-order valence-electron chi connectivity index (χ1n) is 7.40. The van der Waals surface area contributed by atoms with Gasteiger partial charge in [-0.2, -0.15) is 0 Å². The van der Waals surface area contributed by atoms with Gasteiger partial charge >= 0.3 is 17.9 Å². The fraction of sp³-hybridized carbons (Fsp3) is 0.562. The minimum atomic E-state index is -1.11. The van der Waals surface area contributed by atoms with Gasteiger partial charge in [-0.1, -0.05) is 12.2 Å².